The van der Waals surface area contributed by atoms with E-state index < -0.39 is 34.4 Å². The number of piperazine rings is 2. The molecule has 316 valence electrons. The van der Waals surface area contributed by atoms with Crippen molar-refractivity contribution in [3.63, 3.8) is 0 Å². The van der Waals surface area contributed by atoms with E-state index in [9.17, 15) is 49.6 Å². The zero-order chi connectivity index (χ0) is 43.8. The second-order valence-corrected chi connectivity index (χ2v) is 15.4. The van der Waals surface area contributed by atoms with Gasteiger partial charge < -0.3 is 29.8 Å². The lowest BCUT2D eigenvalue weighted by atomic mass is 9.93. The molecule has 0 bridgehead atoms. The fraction of sp³-hybridized carbons (Fsp3) is 0.273. The largest absolute Gasteiger partial charge is 0.392 e. The summed E-state index contributed by atoms with van der Waals surface area (Å²) < 4.78 is 0. The van der Waals surface area contributed by atoms with Crippen molar-refractivity contribution in [2.24, 2.45) is 0 Å². The lowest BCUT2D eigenvalue weighted by Crippen LogP contribution is -2.49. The molecule has 2 fully saturated rings. The maximum Gasteiger partial charge on any atom is 0.291 e. The average molecular weight is 849 g/mol. The Bertz CT molecular complexity index is 2270. The number of nitro benzene ring substituents is 2. The van der Waals surface area contributed by atoms with Crippen molar-refractivity contribution in [1.82, 2.24) is 19.6 Å². The van der Waals surface area contributed by atoms with Gasteiger partial charge in [0.15, 0.2) is 0 Å². The van der Waals surface area contributed by atoms with Gasteiger partial charge in [-0.1, -0.05) is 72.4 Å². The van der Waals surface area contributed by atoms with Crippen molar-refractivity contribution in [3.05, 3.63) is 127 Å². The van der Waals surface area contributed by atoms with Crippen molar-refractivity contribution in [2.75, 3.05) is 52.4 Å². The maximum atomic E-state index is 13.3. The zero-order valence-electron chi connectivity index (χ0n) is 33.6. The van der Waals surface area contributed by atoms with Crippen molar-refractivity contribution >= 4 is 58.9 Å². The molecule has 2 saturated heterocycles. The van der Waals surface area contributed by atoms with Crippen LogP contribution in [0.4, 0.5) is 11.4 Å². The molecule has 4 aromatic rings. The predicted molar refractivity (Wildman–Crippen MR) is 229 cm³/mol. The first-order valence-corrected chi connectivity index (χ1v) is 20.3. The number of hydrogen-bond acceptors (Lipinski definition) is 11. The van der Waals surface area contributed by atoms with Crippen molar-refractivity contribution in [3.8, 4) is 22.3 Å². The summed E-state index contributed by atoms with van der Waals surface area (Å²) in [6.07, 6.45) is 5.53. The van der Waals surface area contributed by atoms with Crippen LogP contribution < -0.4 is 0 Å². The van der Waals surface area contributed by atoms with Crippen LogP contribution in [0.2, 0.25) is 0 Å². The van der Waals surface area contributed by atoms with Gasteiger partial charge in [-0.2, -0.15) is 0 Å². The number of benzene rings is 4. The number of nitro groups is 2. The molecule has 4 aromatic carbocycles. The molecule has 2 N–H and O–H groups in total. The van der Waals surface area contributed by atoms with E-state index in [1.807, 2.05) is 0 Å². The fourth-order valence-corrected chi connectivity index (χ4v) is 8.54. The third-order valence-electron chi connectivity index (χ3n) is 10.7. The van der Waals surface area contributed by atoms with E-state index in [0.29, 0.717) is 74.6 Å². The summed E-state index contributed by atoms with van der Waals surface area (Å²) in [5.41, 5.74) is 1.29. The average Bonchev–Trinajstić information content (AvgIpc) is 3.27. The third-order valence-corrected chi connectivity index (χ3v) is 11.8. The van der Waals surface area contributed by atoms with Crippen LogP contribution in [0.5, 0.6) is 0 Å². The molecule has 2 heterocycles. The summed E-state index contributed by atoms with van der Waals surface area (Å²) >= 11 is 0.787. The number of carbonyl (C=O) groups excluding carboxylic acids is 4. The molecule has 2 aliphatic heterocycles. The lowest BCUT2D eigenvalue weighted by Gasteiger charge is -2.33. The number of amides is 4. The molecular weight excluding hydrogens is 805 g/mol. The highest BCUT2D eigenvalue weighted by molar-refractivity contribution is 7.99. The highest BCUT2D eigenvalue weighted by Crippen LogP contribution is 2.49. The van der Waals surface area contributed by atoms with Crippen LogP contribution in [0.15, 0.2) is 94.7 Å². The number of aliphatic hydroxyl groups excluding tert-OH is 2. The Morgan fingerprint density at radius 2 is 0.918 bits per heavy atom. The Morgan fingerprint density at radius 1 is 0.574 bits per heavy atom. The van der Waals surface area contributed by atoms with Gasteiger partial charge in [0.25, 0.3) is 11.4 Å². The number of hydrogen-bond donors (Lipinski definition) is 2. The molecule has 6 rings (SSSR count). The van der Waals surface area contributed by atoms with Gasteiger partial charge in [0.2, 0.25) is 23.6 Å². The molecule has 2 aliphatic rings. The topological polar surface area (TPSA) is 208 Å². The quantitative estimate of drug-likeness (QED) is 0.105. The Kier molecular flexibility index (Phi) is 14.1. The smallest absolute Gasteiger partial charge is 0.291 e. The second kappa shape index (κ2) is 19.6. The SMILES string of the molecule is CC(=O)N1CCN(C(=O)/C=C/c2ccc(Sc3ccc(/C=C/C(=O)N4CCN(C(C)=O)CC4)c(-c4ccccc4CO)c3[N+](=O)[O-])c([N+](=O)[O-])c2-c2ccccc2CO)CC1. The normalized spacial score (nSPS) is 14.5. The van der Waals surface area contributed by atoms with Gasteiger partial charge in [-0.05, 0) is 57.7 Å². The Hall–Kier alpha value is -6.69. The van der Waals surface area contributed by atoms with E-state index in [1.165, 1.54) is 50.3 Å². The van der Waals surface area contributed by atoms with Crippen LogP contribution >= 0.6 is 11.8 Å². The van der Waals surface area contributed by atoms with Gasteiger partial charge in [0.05, 0.1) is 44.0 Å². The number of carbonyl (C=O) groups is 4. The number of nitrogens with zero attached hydrogens (tertiary/aromatic N) is 6. The summed E-state index contributed by atoms with van der Waals surface area (Å²) in [5, 5.41) is 47.0. The van der Waals surface area contributed by atoms with Gasteiger partial charge in [-0.15, -0.1) is 0 Å². The summed E-state index contributed by atoms with van der Waals surface area (Å²) in [4.78, 5) is 81.9. The van der Waals surface area contributed by atoms with Crippen LogP contribution in [0.1, 0.15) is 36.1 Å². The van der Waals surface area contributed by atoms with Crippen LogP contribution in [-0.4, -0.2) is 116 Å². The highest BCUT2D eigenvalue weighted by atomic mass is 32.2. The molecule has 17 heteroatoms. The van der Waals surface area contributed by atoms with Crippen LogP contribution in [0.25, 0.3) is 34.4 Å². The molecule has 16 nitrogen and oxygen atoms in total. The Morgan fingerprint density at radius 3 is 1.25 bits per heavy atom. The summed E-state index contributed by atoms with van der Waals surface area (Å²) in [6.45, 7) is 4.75. The Balaban J connectivity index is 1.45. The molecule has 0 aliphatic carbocycles. The van der Waals surface area contributed by atoms with Gasteiger partial charge >= 0.3 is 0 Å². The van der Waals surface area contributed by atoms with Crippen molar-refractivity contribution in [2.45, 2.75) is 36.9 Å². The van der Waals surface area contributed by atoms with Gasteiger partial charge in [0, 0.05) is 78.4 Å². The molecule has 61 heavy (non-hydrogen) atoms. The minimum absolute atomic E-state index is 0.0317. The number of aliphatic hydroxyl groups is 2. The van der Waals surface area contributed by atoms with E-state index in [2.05, 4.69) is 0 Å². The van der Waals surface area contributed by atoms with Gasteiger partial charge in [-0.25, -0.2) is 0 Å². The minimum atomic E-state index is -0.598. The highest BCUT2D eigenvalue weighted by Gasteiger charge is 2.31. The van der Waals surface area contributed by atoms with E-state index >= 15 is 0 Å². The summed E-state index contributed by atoms with van der Waals surface area (Å²) in [6, 6.07) is 19.2. The first-order chi connectivity index (χ1) is 29.3. The maximum absolute atomic E-state index is 13.3. The number of rotatable bonds is 12. The predicted octanol–water partition coefficient (Wildman–Crippen LogP) is 5.38. The molecular formula is C44H44N6O10S. The Labute approximate surface area is 355 Å². The van der Waals surface area contributed by atoms with Crippen LogP contribution in [-0.2, 0) is 32.4 Å². The molecule has 4 amide bonds. The fourth-order valence-electron chi connectivity index (χ4n) is 7.49. The molecule has 0 radical (unpaired) electrons. The molecule has 0 aromatic heterocycles. The van der Waals surface area contributed by atoms with E-state index in [-0.39, 0.29) is 55.7 Å². The monoisotopic (exact) mass is 848 g/mol. The first-order valence-electron chi connectivity index (χ1n) is 19.5. The van der Waals surface area contributed by atoms with E-state index in [1.54, 1.807) is 80.3 Å². The standard InChI is InChI=1S/C44H44N6O10S/c1-29(53)45-19-23-47(24-20-45)39(55)17-13-31-11-15-37(43(49(57)58)41(31)35-9-5-3-7-33(35)27-51)61-38-16-12-32(14-18-40(56)48-25-21-46(22-26-48)30(2)54)42(44(38)50(59)60)36-10-6-4-8-34(36)28-52/h3-18,51-52H,19-28H2,1-2H3/b17-13+,18-14+. The molecule has 0 spiro atoms. The zero-order valence-corrected chi connectivity index (χ0v) is 34.4. The van der Waals surface area contributed by atoms with Gasteiger partial charge in [-0.3, -0.25) is 39.4 Å². The van der Waals surface area contributed by atoms with Crippen molar-refractivity contribution < 1.29 is 39.2 Å². The molecule has 0 unspecified atom stereocenters. The third kappa shape index (κ3) is 9.86. The minimum Gasteiger partial charge on any atom is -0.392 e. The van der Waals surface area contributed by atoms with Crippen LogP contribution in [0, 0.1) is 20.2 Å². The summed E-state index contributed by atoms with van der Waals surface area (Å²) in [5.74, 6) is -0.893. The molecule has 0 saturated carbocycles. The molecule has 0 atom stereocenters. The van der Waals surface area contributed by atoms with Gasteiger partial charge in [0.1, 0.15) is 0 Å². The first kappa shape index (κ1) is 43.9. The van der Waals surface area contributed by atoms with Crippen molar-refractivity contribution in [1.29, 1.82) is 0 Å². The second-order valence-electron chi connectivity index (χ2n) is 14.3. The van der Waals surface area contributed by atoms with E-state index in [0.717, 1.165) is 11.8 Å². The van der Waals surface area contributed by atoms with E-state index in [4.69, 9.17) is 0 Å². The summed E-state index contributed by atoms with van der Waals surface area (Å²) in [7, 11) is 0. The lowest BCUT2D eigenvalue weighted by molar-refractivity contribution is -0.387. The van der Waals surface area contributed by atoms with Crippen LogP contribution in [0.3, 0.4) is 0 Å².